The molecule has 0 radical (unpaired) electrons. The first-order valence-corrected chi connectivity index (χ1v) is 6.55. The van der Waals surface area contributed by atoms with Crippen LogP contribution in [-0.2, 0) is 11.3 Å². The summed E-state index contributed by atoms with van der Waals surface area (Å²) < 4.78 is 47.1. The van der Waals surface area contributed by atoms with Gasteiger partial charge < -0.3 is 14.6 Å². The number of hydrogen-bond acceptors (Lipinski definition) is 6. The number of ether oxygens (including phenoxy) is 2. The average molecular weight is 360 g/mol. The summed E-state index contributed by atoms with van der Waals surface area (Å²) in [7, 11) is 1.17. The van der Waals surface area contributed by atoms with Gasteiger partial charge in [0.2, 0.25) is 5.95 Å². The number of nitrogens with one attached hydrogen (secondary N) is 1. The molecule has 0 fully saturated rings. The monoisotopic (exact) mass is 360 g/mol. The van der Waals surface area contributed by atoms with Crippen LogP contribution in [-0.4, -0.2) is 45.2 Å². The number of anilines is 1. The van der Waals surface area contributed by atoms with Crippen molar-refractivity contribution in [2.75, 3.05) is 12.4 Å². The van der Waals surface area contributed by atoms with E-state index in [1.165, 1.54) is 19.2 Å². The lowest BCUT2D eigenvalue weighted by molar-refractivity contribution is -0.274. The number of methoxy groups -OCH3 is 1. The zero-order valence-corrected chi connectivity index (χ0v) is 12.6. The number of amides is 1. The summed E-state index contributed by atoms with van der Waals surface area (Å²) >= 11 is 0. The summed E-state index contributed by atoms with van der Waals surface area (Å²) in [6.07, 6.45) is -3.97. The first-order valence-electron chi connectivity index (χ1n) is 6.55. The molecule has 134 valence electrons. The summed E-state index contributed by atoms with van der Waals surface area (Å²) in [6, 6.07) is 3.44. The van der Waals surface area contributed by atoms with Gasteiger partial charge in [-0.15, -0.1) is 18.3 Å². The predicted molar refractivity (Wildman–Crippen MR) is 75.3 cm³/mol. The molecular formula is C13H11F3N4O5. The molecule has 0 unspecified atom stereocenters. The predicted octanol–water partition coefficient (Wildman–Crippen LogP) is 1.52. The number of benzene rings is 1. The summed E-state index contributed by atoms with van der Waals surface area (Å²) in [6.45, 7) is -0.500. The first-order chi connectivity index (χ1) is 11.7. The second-order valence-corrected chi connectivity index (χ2v) is 4.49. The van der Waals surface area contributed by atoms with Gasteiger partial charge >= 0.3 is 12.3 Å². The van der Waals surface area contributed by atoms with Crippen LogP contribution in [0.1, 0.15) is 10.4 Å². The molecule has 0 bridgehead atoms. The topological polar surface area (TPSA) is 116 Å². The molecule has 1 amide bonds. The van der Waals surface area contributed by atoms with Crippen LogP contribution in [0, 0.1) is 0 Å². The molecular weight excluding hydrogens is 349 g/mol. The Labute approximate surface area is 138 Å². The SMILES string of the molecule is COc1cccc(OC(F)(F)F)c1C(=O)Nc1ncn(CC(=O)O)n1. The van der Waals surface area contributed by atoms with Crippen LogP contribution in [0.25, 0.3) is 0 Å². The minimum absolute atomic E-state index is 0.163. The van der Waals surface area contributed by atoms with Crippen LogP contribution >= 0.6 is 0 Å². The molecule has 0 saturated carbocycles. The highest BCUT2D eigenvalue weighted by Crippen LogP contribution is 2.32. The van der Waals surface area contributed by atoms with E-state index in [4.69, 9.17) is 9.84 Å². The van der Waals surface area contributed by atoms with Crippen molar-refractivity contribution in [2.24, 2.45) is 0 Å². The van der Waals surface area contributed by atoms with Gasteiger partial charge in [0.15, 0.2) is 0 Å². The fourth-order valence-electron chi connectivity index (χ4n) is 1.85. The third-order valence-electron chi connectivity index (χ3n) is 2.72. The standard InChI is InChI=1S/C13H11F3N4O5/c1-24-7-3-2-4-8(25-13(14,15)16)10(7)11(23)18-12-17-6-20(19-12)5-9(21)22/h2-4,6H,5H2,1H3,(H,21,22)(H,18,19,23). The van der Waals surface area contributed by atoms with Crippen molar-refractivity contribution in [3.63, 3.8) is 0 Å². The number of alkyl halides is 3. The van der Waals surface area contributed by atoms with Crippen molar-refractivity contribution in [3.8, 4) is 11.5 Å². The quantitative estimate of drug-likeness (QED) is 0.802. The van der Waals surface area contributed by atoms with Crippen molar-refractivity contribution in [2.45, 2.75) is 12.9 Å². The maximum atomic E-state index is 12.5. The van der Waals surface area contributed by atoms with Crippen molar-refractivity contribution >= 4 is 17.8 Å². The summed E-state index contributed by atoms with van der Waals surface area (Å²) in [5.74, 6) is -3.44. The molecule has 0 aliphatic rings. The van der Waals surface area contributed by atoms with Crippen molar-refractivity contribution in [1.29, 1.82) is 0 Å². The third kappa shape index (κ3) is 4.83. The summed E-state index contributed by atoms with van der Waals surface area (Å²) in [5, 5.41) is 14.4. The molecule has 0 aliphatic heterocycles. The van der Waals surface area contributed by atoms with E-state index < -0.39 is 36.1 Å². The number of rotatable bonds is 6. The molecule has 1 aromatic carbocycles. The highest BCUT2D eigenvalue weighted by molar-refractivity contribution is 6.07. The number of halogens is 3. The molecule has 0 saturated heterocycles. The van der Waals surface area contributed by atoms with Gasteiger partial charge in [-0.25, -0.2) is 9.67 Å². The molecule has 0 atom stereocenters. The van der Waals surface area contributed by atoms with Gasteiger partial charge in [-0.05, 0) is 12.1 Å². The first kappa shape index (κ1) is 18.0. The highest BCUT2D eigenvalue weighted by atomic mass is 19.4. The lowest BCUT2D eigenvalue weighted by Crippen LogP contribution is -2.21. The van der Waals surface area contributed by atoms with Crippen LogP contribution in [0.15, 0.2) is 24.5 Å². The lowest BCUT2D eigenvalue weighted by Gasteiger charge is -2.15. The Bertz CT molecular complexity index is 790. The summed E-state index contributed by atoms with van der Waals surface area (Å²) in [5.41, 5.74) is -0.517. The minimum Gasteiger partial charge on any atom is -0.496 e. The molecule has 0 aliphatic carbocycles. The Hall–Kier alpha value is -3.31. The van der Waals surface area contributed by atoms with E-state index in [-0.39, 0.29) is 11.7 Å². The van der Waals surface area contributed by atoms with Crippen LogP contribution in [0.2, 0.25) is 0 Å². The van der Waals surface area contributed by atoms with Crippen LogP contribution in [0.3, 0.4) is 0 Å². The Balaban J connectivity index is 2.28. The van der Waals surface area contributed by atoms with E-state index >= 15 is 0 Å². The number of carbonyl (C=O) groups excluding carboxylic acids is 1. The molecule has 2 rings (SSSR count). The minimum atomic E-state index is -5.01. The van der Waals surface area contributed by atoms with Crippen LogP contribution in [0.4, 0.5) is 19.1 Å². The van der Waals surface area contributed by atoms with Crippen LogP contribution < -0.4 is 14.8 Å². The maximum Gasteiger partial charge on any atom is 0.573 e. The fraction of sp³-hybridized carbons (Fsp3) is 0.231. The zero-order chi connectivity index (χ0) is 18.6. The fourth-order valence-corrected chi connectivity index (χ4v) is 1.85. The molecule has 9 nitrogen and oxygen atoms in total. The molecule has 25 heavy (non-hydrogen) atoms. The van der Waals surface area contributed by atoms with E-state index in [9.17, 15) is 22.8 Å². The highest BCUT2D eigenvalue weighted by Gasteiger charge is 2.34. The van der Waals surface area contributed by atoms with Gasteiger partial charge in [0.1, 0.15) is 29.9 Å². The normalized spacial score (nSPS) is 11.0. The number of carboxylic acid groups (broad SMARTS) is 1. The second kappa shape index (κ2) is 7.07. The van der Waals surface area contributed by atoms with Gasteiger partial charge in [0.05, 0.1) is 7.11 Å². The molecule has 2 N–H and O–H groups in total. The van der Waals surface area contributed by atoms with Crippen molar-refractivity contribution in [1.82, 2.24) is 14.8 Å². The van der Waals surface area contributed by atoms with E-state index in [1.807, 2.05) is 0 Å². The molecule has 12 heteroatoms. The van der Waals surface area contributed by atoms with E-state index in [0.717, 1.165) is 17.1 Å². The number of nitrogens with zero attached hydrogens (tertiary/aromatic N) is 3. The third-order valence-corrected chi connectivity index (χ3v) is 2.72. The Morgan fingerprint density at radius 2 is 2.00 bits per heavy atom. The van der Waals surface area contributed by atoms with Crippen LogP contribution in [0.5, 0.6) is 11.5 Å². The Morgan fingerprint density at radius 1 is 1.32 bits per heavy atom. The van der Waals surface area contributed by atoms with Crippen molar-refractivity contribution in [3.05, 3.63) is 30.1 Å². The number of carboxylic acids is 1. The van der Waals surface area contributed by atoms with Gasteiger partial charge in [0.25, 0.3) is 5.91 Å². The van der Waals surface area contributed by atoms with E-state index in [1.54, 1.807) is 0 Å². The van der Waals surface area contributed by atoms with Gasteiger partial charge in [-0.1, -0.05) is 6.07 Å². The number of carbonyl (C=O) groups is 2. The Kier molecular flexibility index (Phi) is 5.10. The smallest absolute Gasteiger partial charge is 0.496 e. The number of hydrogen-bond donors (Lipinski definition) is 2. The molecule has 1 heterocycles. The van der Waals surface area contributed by atoms with Gasteiger partial charge in [0, 0.05) is 0 Å². The lowest BCUT2D eigenvalue weighted by atomic mass is 10.1. The van der Waals surface area contributed by atoms with E-state index in [2.05, 4.69) is 20.1 Å². The Morgan fingerprint density at radius 3 is 2.60 bits per heavy atom. The second-order valence-electron chi connectivity index (χ2n) is 4.49. The largest absolute Gasteiger partial charge is 0.573 e. The van der Waals surface area contributed by atoms with E-state index in [0.29, 0.717) is 0 Å². The number of aromatic nitrogens is 3. The molecule has 2 aromatic rings. The summed E-state index contributed by atoms with van der Waals surface area (Å²) in [4.78, 5) is 26.5. The maximum absolute atomic E-state index is 12.5. The molecule has 0 spiro atoms. The zero-order valence-electron chi connectivity index (χ0n) is 12.6. The van der Waals surface area contributed by atoms with Crippen molar-refractivity contribution < 1.29 is 37.3 Å². The average Bonchev–Trinajstić information content (AvgIpc) is 2.91. The number of aliphatic carboxylic acids is 1. The van der Waals surface area contributed by atoms with Gasteiger partial charge in [-0.3, -0.25) is 14.9 Å². The van der Waals surface area contributed by atoms with Gasteiger partial charge in [-0.2, -0.15) is 0 Å². The molecule has 1 aromatic heterocycles.